The maximum Gasteiger partial charge on any atom is 0.230 e. The van der Waals surface area contributed by atoms with Gasteiger partial charge in [-0.25, -0.2) is 0 Å². The Balaban J connectivity index is 1.69. The van der Waals surface area contributed by atoms with E-state index >= 15 is 0 Å². The van der Waals surface area contributed by atoms with E-state index in [-0.39, 0.29) is 17.5 Å². The Morgan fingerprint density at radius 1 is 1.24 bits per heavy atom. The molecular formula is C18H26N4OS2. The Morgan fingerprint density at radius 3 is 2.64 bits per heavy atom. The van der Waals surface area contributed by atoms with Crippen molar-refractivity contribution in [2.45, 2.75) is 56.5 Å². The minimum absolute atomic E-state index is 0.0334. The first-order valence-corrected chi connectivity index (χ1v) is 10.2. The number of aromatic nitrogens is 2. The van der Waals surface area contributed by atoms with Crippen LogP contribution in [0.2, 0.25) is 0 Å². The maximum atomic E-state index is 12.1. The second-order valence-corrected chi connectivity index (χ2v) is 9.23. The van der Waals surface area contributed by atoms with Crippen molar-refractivity contribution in [3.63, 3.8) is 0 Å². The summed E-state index contributed by atoms with van der Waals surface area (Å²) in [6.07, 6.45) is 1.90. The van der Waals surface area contributed by atoms with Gasteiger partial charge >= 0.3 is 0 Å². The van der Waals surface area contributed by atoms with Crippen molar-refractivity contribution in [2.75, 3.05) is 11.1 Å². The highest BCUT2D eigenvalue weighted by atomic mass is 32.2. The SMILES string of the molecule is CC(CCc1ccccc1)NC(=O)CSc1nnc(NC(C)(C)C)s1. The second kappa shape index (κ2) is 9.20. The van der Waals surface area contributed by atoms with Crippen molar-refractivity contribution in [1.82, 2.24) is 15.5 Å². The summed E-state index contributed by atoms with van der Waals surface area (Å²) in [5.74, 6) is 0.394. The lowest BCUT2D eigenvalue weighted by molar-refractivity contribution is -0.119. The average molecular weight is 379 g/mol. The third-order valence-corrected chi connectivity index (χ3v) is 5.30. The Morgan fingerprint density at radius 2 is 1.96 bits per heavy atom. The lowest BCUT2D eigenvalue weighted by atomic mass is 10.1. The van der Waals surface area contributed by atoms with Gasteiger partial charge in [0.15, 0.2) is 4.34 Å². The molecule has 1 aromatic carbocycles. The number of anilines is 1. The van der Waals surface area contributed by atoms with E-state index in [1.807, 2.05) is 25.1 Å². The third kappa shape index (κ3) is 7.88. The number of hydrogen-bond donors (Lipinski definition) is 2. The van der Waals surface area contributed by atoms with Gasteiger partial charge in [0.2, 0.25) is 11.0 Å². The van der Waals surface area contributed by atoms with Crippen LogP contribution in [0.15, 0.2) is 34.7 Å². The molecule has 1 atom stereocenters. The number of amides is 1. The standard InChI is InChI=1S/C18H26N4OS2/c1-13(10-11-14-8-6-5-7-9-14)19-15(23)12-24-17-22-21-16(25-17)20-18(2,3)4/h5-9,13H,10-12H2,1-4H3,(H,19,23)(H,20,21). The highest BCUT2D eigenvalue weighted by Gasteiger charge is 2.14. The molecule has 5 nitrogen and oxygen atoms in total. The van der Waals surface area contributed by atoms with Crippen molar-refractivity contribution < 1.29 is 4.79 Å². The van der Waals surface area contributed by atoms with Crippen molar-refractivity contribution >= 4 is 34.1 Å². The first kappa shape index (κ1) is 19.7. The van der Waals surface area contributed by atoms with E-state index in [1.165, 1.54) is 28.7 Å². The molecule has 7 heteroatoms. The third-order valence-electron chi connectivity index (χ3n) is 3.33. The van der Waals surface area contributed by atoms with Crippen molar-refractivity contribution in [2.24, 2.45) is 0 Å². The van der Waals surface area contributed by atoms with E-state index < -0.39 is 0 Å². The number of carbonyl (C=O) groups is 1. The highest BCUT2D eigenvalue weighted by Crippen LogP contribution is 2.27. The summed E-state index contributed by atoms with van der Waals surface area (Å²) in [7, 11) is 0. The van der Waals surface area contributed by atoms with Crippen LogP contribution in [0.5, 0.6) is 0 Å². The fraction of sp³-hybridized carbons (Fsp3) is 0.500. The van der Waals surface area contributed by atoms with E-state index in [0.717, 1.165) is 22.3 Å². The summed E-state index contributed by atoms with van der Waals surface area (Å²) >= 11 is 2.90. The predicted octanol–water partition coefficient (Wildman–Crippen LogP) is 3.98. The van der Waals surface area contributed by atoms with E-state index in [1.54, 1.807) is 0 Å². The smallest absolute Gasteiger partial charge is 0.230 e. The molecule has 0 saturated carbocycles. The van der Waals surface area contributed by atoms with Gasteiger partial charge in [-0.05, 0) is 46.1 Å². The molecule has 136 valence electrons. The fourth-order valence-corrected chi connectivity index (χ4v) is 3.95. The first-order valence-electron chi connectivity index (χ1n) is 8.39. The van der Waals surface area contributed by atoms with Crippen LogP contribution in [0, 0.1) is 0 Å². The number of nitrogens with one attached hydrogen (secondary N) is 2. The number of rotatable bonds is 8. The van der Waals surface area contributed by atoms with Gasteiger partial charge < -0.3 is 10.6 Å². The van der Waals surface area contributed by atoms with Gasteiger partial charge in [-0.2, -0.15) is 0 Å². The summed E-state index contributed by atoms with van der Waals surface area (Å²) < 4.78 is 0.804. The molecule has 0 radical (unpaired) electrons. The van der Waals surface area contributed by atoms with Gasteiger partial charge in [0.25, 0.3) is 0 Å². The molecule has 0 aliphatic carbocycles. The fourth-order valence-electron chi connectivity index (χ4n) is 2.18. The average Bonchev–Trinajstić information content (AvgIpc) is 2.97. The molecular weight excluding hydrogens is 352 g/mol. The van der Waals surface area contributed by atoms with Crippen molar-refractivity contribution in [3.8, 4) is 0 Å². The minimum atomic E-state index is -0.0486. The molecule has 1 unspecified atom stereocenters. The number of nitrogens with zero attached hydrogens (tertiary/aromatic N) is 2. The van der Waals surface area contributed by atoms with Gasteiger partial charge in [-0.1, -0.05) is 53.4 Å². The first-order chi connectivity index (χ1) is 11.8. The summed E-state index contributed by atoms with van der Waals surface area (Å²) in [5, 5.41) is 15.3. The molecule has 1 heterocycles. The van der Waals surface area contributed by atoms with Crippen LogP contribution in [0.1, 0.15) is 39.7 Å². The van der Waals surface area contributed by atoms with Crippen LogP contribution in [-0.4, -0.2) is 33.4 Å². The second-order valence-electron chi connectivity index (χ2n) is 7.03. The quantitative estimate of drug-likeness (QED) is 0.680. The number of thioether (sulfide) groups is 1. The number of carbonyl (C=O) groups excluding carboxylic acids is 1. The lowest BCUT2D eigenvalue weighted by Gasteiger charge is -2.18. The van der Waals surface area contributed by atoms with Gasteiger partial charge in [-0.3, -0.25) is 4.79 Å². The Bertz CT molecular complexity index is 667. The predicted molar refractivity (Wildman–Crippen MR) is 106 cm³/mol. The summed E-state index contributed by atoms with van der Waals surface area (Å²) in [6, 6.07) is 10.5. The van der Waals surface area contributed by atoms with E-state index in [4.69, 9.17) is 0 Å². The molecule has 0 bridgehead atoms. The molecule has 0 fully saturated rings. The van der Waals surface area contributed by atoms with E-state index in [0.29, 0.717) is 5.75 Å². The van der Waals surface area contributed by atoms with Crippen LogP contribution in [0.3, 0.4) is 0 Å². The molecule has 1 amide bonds. The molecule has 2 aromatic rings. The molecule has 0 saturated heterocycles. The number of aryl methyl sites for hydroxylation is 1. The van der Waals surface area contributed by atoms with Crippen LogP contribution in [0.4, 0.5) is 5.13 Å². The molecule has 0 aliphatic rings. The normalized spacial score (nSPS) is 12.6. The summed E-state index contributed by atoms with van der Waals surface area (Å²) in [4.78, 5) is 12.1. The molecule has 0 aliphatic heterocycles. The minimum Gasteiger partial charge on any atom is -0.355 e. The highest BCUT2D eigenvalue weighted by molar-refractivity contribution is 8.01. The molecule has 2 rings (SSSR count). The van der Waals surface area contributed by atoms with Gasteiger partial charge in [0.1, 0.15) is 0 Å². The zero-order valence-electron chi connectivity index (χ0n) is 15.2. The Kier molecular flexibility index (Phi) is 7.25. The van der Waals surface area contributed by atoms with E-state index in [9.17, 15) is 4.79 Å². The Labute approximate surface area is 158 Å². The maximum absolute atomic E-state index is 12.1. The molecule has 2 N–H and O–H groups in total. The molecule has 1 aromatic heterocycles. The zero-order valence-corrected chi connectivity index (χ0v) is 16.8. The van der Waals surface area contributed by atoms with Crippen molar-refractivity contribution in [3.05, 3.63) is 35.9 Å². The van der Waals surface area contributed by atoms with E-state index in [2.05, 4.69) is 53.7 Å². The molecule has 25 heavy (non-hydrogen) atoms. The van der Waals surface area contributed by atoms with Gasteiger partial charge in [-0.15, -0.1) is 10.2 Å². The van der Waals surface area contributed by atoms with Crippen LogP contribution in [-0.2, 0) is 11.2 Å². The summed E-state index contributed by atoms with van der Waals surface area (Å²) in [6.45, 7) is 8.27. The monoisotopic (exact) mass is 378 g/mol. The largest absolute Gasteiger partial charge is 0.355 e. The van der Waals surface area contributed by atoms with Gasteiger partial charge in [0, 0.05) is 11.6 Å². The summed E-state index contributed by atoms with van der Waals surface area (Å²) in [5.41, 5.74) is 1.25. The number of hydrogen-bond acceptors (Lipinski definition) is 6. The molecule has 0 spiro atoms. The van der Waals surface area contributed by atoms with Crippen LogP contribution >= 0.6 is 23.1 Å². The Hall–Kier alpha value is -1.60. The van der Waals surface area contributed by atoms with Crippen LogP contribution < -0.4 is 10.6 Å². The van der Waals surface area contributed by atoms with Crippen LogP contribution in [0.25, 0.3) is 0 Å². The topological polar surface area (TPSA) is 66.9 Å². The van der Waals surface area contributed by atoms with Gasteiger partial charge in [0.05, 0.1) is 5.75 Å². The lowest BCUT2D eigenvalue weighted by Crippen LogP contribution is -2.34. The number of benzene rings is 1. The zero-order chi connectivity index (χ0) is 18.3. The van der Waals surface area contributed by atoms with Crippen molar-refractivity contribution in [1.29, 1.82) is 0 Å².